The van der Waals surface area contributed by atoms with Crippen LogP contribution in [0.15, 0.2) is 35.7 Å². The van der Waals surface area contributed by atoms with Crippen molar-refractivity contribution in [3.8, 4) is 0 Å². The van der Waals surface area contributed by atoms with Gasteiger partial charge in [-0.3, -0.25) is 4.79 Å². The van der Waals surface area contributed by atoms with E-state index in [1.165, 1.54) is 12.1 Å². The second kappa shape index (κ2) is 5.50. The first-order chi connectivity index (χ1) is 8.58. The second-order valence-corrected chi connectivity index (χ2v) is 5.22. The number of hydrogen-bond donors (Lipinski definition) is 1. The SMILES string of the molecule is C[C@@H](NC(=O)c1ccc(F)cc1Cl)c1cccs1. The van der Waals surface area contributed by atoms with Crippen LogP contribution >= 0.6 is 22.9 Å². The van der Waals surface area contributed by atoms with E-state index in [1.807, 2.05) is 24.4 Å². The summed E-state index contributed by atoms with van der Waals surface area (Å²) in [5.74, 6) is -0.760. The number of rotatable bonds is 3. The molecule has 0 bridgehead atoms. The summed E-state index contributed by atoms with van der Waals surface area (Å²) in [6.45, 7) is 1.89. The molecule has 0 aliphatic rings. The predicted octanol–water partition coefficient (Wildman–Crippen LogP) is 4.03. The fourth-order valence-electron chi connectivity index (χ4n) is 1.56. The van der Waals surface area contributed by atoms with Crippen LogP contribution in [0, 0.1) is 5.82 Å². The van der Waals surface area contributed by atoms with Crippen LogP contribution in [0.5, 0.6) is 0 Å². The van der Waals surface area contributed by atoms with Crippen LogP contribution in [0.1, 0.15) is 28.2 Å². The summed E-state index contributed by atoms with van der Waals surface area (Å²) in [7, 11) is 0. The van der Waals surface area contributed by atoms with Crippen molar-refractivity contribution in [1.82, 2.24) is 5.32 Å². The highest BCUT2D eigenvalue weighted by Gasteiger charge is 2.15. The van der Waals surface area contributed by atoms with Crippen molar-refractivity contribution in [3.05, 3.63) is 57.0 Å². The number of benzene rings is 1. The molecular formula is C13H11ClFNOS. The Bertz CT molecular complexity index is 556. The molecule has 1 aromatic heterocycles. The number of hydrogen-bond acceptors (Lipinski definition) is 2. The van der Waals surface area contributed by atoms with E-state index < -0.39 is 5.82 Å². The van der Waals surface area contributed by atoms with Crippen molar-refractivity contribution in [1.29, 1.82) is 0 Å². The van der Waals surface area contributed by atoms with E-state index in [4.69, 9.17) is 11.6 Å². The fraction of sp³-hybridized carbons (Fsp3) is 0.154. The van der Waals surface area contributed by atoms with E-state index in [0.717, 1.165) is 10.9 Å². The van der Waals surface area contributed by atoms with Gasteiger partial charge in [-0.15, -0.1) is 11.3 Å². The number of carbonyl (C=O) groups is 1. The largest absolute Gasteiger partial charge is 0.345 e. The summed E-state index contributed by atoms with van der Waals surface area (Å²) in [6.07, 6.45) is 0. The topological polar surface area (TPSA) is 29.1 Å². The molecule has 1 N–H and O–H groups in total. The van der Waals surface area contributed by atoms with E-state index in [9.17, 15) is 9.18 Å². The number of halogens is 2. The van der Waals surface area contributed by atoms with Crippen molar-refractivity contribution < 1.29 is 9.18 Å². The van der Waals surface area contributed by atoms with Gasteiger partial charge in [0.25, 0.3) is 5.91 Å². The molecular weight excluding hydrogens is 273 g/mol. The van der Waals surface area contributed by atoms with E-state index in [-0.39, 0.29) is 22.5 Å². The Balaban J connectivity index is 2.12. The summed E-state index contributed by atoms with van der Waals surface area (Å²) in [6, 6.07) is 7.51. The Morgan fingerprint density at radius 1 is 1.44 bits per heavy atom. The van der Waals surface area contributed by atoms with Gasteiger partial charge in [0, 0.05) is 4.88 Å². The molecule has 1 heterocycles. The molecule has 18 heavy (non-hydrogen) atoms. The maximum absolute atomic E-state index is 12.9. The van der Waals surface area contributed by atoms with Crippen molar-refractivity contribution >= 4 is 28.8 Å². The van der Waals surface area contributed by atoms with Crippen LogP contribution in [0.2, 0.25) is 5.02 Å². The first kappa shape index (κ1) is 13.1. The van der Waals surface area contributed by atoms with Crippen molar-refractivity contribution in [2.75, 3.05) is 0 Å². The second-order valence-electron chi connectivity index (χ2n) is 3.83. The molecule has 1 aromatic carbocycles. The van der Waals surface area contributed by atoms with E-state index >= 15 is 0 Å². The fourth-order valence-corrected chi connectivity index (χ4v) is 2.54. The van der Waals surface area contributed by atoms with Crippen LogP contribution in [0.4, 0.5) is 4.39 Å². The van der Waals surface area contributed by atoms with Gasteiger partial charge in [0.15, 0.2) is 0 Å². The zero-order valence-corrected chi connectivity index (χ0v) is 11.2. The highest BCUT2D eigenvalue weighted by atomic mass is 35.5. The first-order valence-corrected chi connectivity index (χ1v) is 6.63. The van der Waals surface area contributed by atoms with Gasteiger partial charge in [-0.25, -0.2) is 4.39 Å². The number of amides is 1. The summed E-state index contributed by atoms with van der Waals surface area (Å²) in [4.78, 5) is 13.0. The molecule has 0 saturated carbocycles. The molecule has 0 aliphatic carbocycles. The Morgan fingerprint density at radius 2 is 2.22 bits per heavy atom. The van der Waals surface area contributed by atoms with Crippen LogP contribution in [-0.4, -0.2) is 5.91 Å². The lowest BCUT2D eigenvalue weighted by molar-refractivity contribution is 0.0940. The predicted molar refractivity (Wildman–Crippen MR) is 71.6 cm³/mol. The summed E-state index contributed by atoms with van der Waals surface area (Å²) in [5, 5.41) is 4.89. The van der Waals surface area contributed by atoms with Gasteiger partial charge in [0.2, 0.25) is 0 Å². The molecule has 0 radical (unpaired) electrons. The van der Waals surface area contributed by atoms with Crippen molar-refractivity contribution in [2.45, 2.75) is 13.0 Å². The molecule has 1 amide bonds. The van der Waals surface area contributed by atoms with Crippen LogP contribution < -0.4 is 5.32 Å². The van der Waals surface area contributed by atoms with E-state index in [0.29, 0.717) is 0 Å². The monoisotopic (exact) mass is 283 g/mol. The molecule has 5 heteroatoms. The molecule has 0 fully saturated rings. The Hall–Kier alpha value is -1.39. The van der Waals surface area contributed by atoms with Crippen LogP contribution in [-0.2, 0) is 0 Å². The van der Waals surface area contributed by atoms with Crippen molar-refractivity contribution in [2.24, 2.45) is 0 Å². The lowest BCUT2D eigenvalue weighted by atomic mass is 10.2. The Kier molecular flexibility index (Phi) is 3.99. The maximum Gasteiger partial charge on any atom is 0.253 e. The van der Waals surface area contributed by atoms with Gasteiger partial charge in [-0.2, -0.15) is 0 Å². The zero-order chi connectivity index (χ0) is 13.1. The highest BCUT2D eigenvalue weighted by molar-refractivity contribution is 7.10. The molecule has 2 rings (SSSR count). The smallest absolute Gasteiger partial charge is 0.253 e. The molecule has 0 aliphatic heterocycles. The van der Waals surface area contributed by atoms with Gasteiger partial charge in [0.05, 0.1) is 16.6 Å². The minimum Gasteiger partial charge on any atom is -0.345 e. The highest BCUT2D eigenvalue weighted by Crippen LogP contribution is 2.21. The van der Waals surface area contributed by atoms with Crippen LogP contribution in [0.25, 0.3) is 0 Å². The molecule has 2 aromatic rings. The van der Waals surface area contributed by atoms with Crippen LogP contribution in [0.3, 0.4) is 0 Å². The summed E-state index contributed by atoms with van der Waals surface area (Å²) < 4.78 is 12.9. The zero-order valence-electron chi connectivity index (χ0n) is 9.61. The van der Waals surface area contributed by atoms with Gasteiger partial charge in [0.1, 0.15) is 5.82 Å². The average Bonchev–Trinajstić information content (AvgIpc) is 2.81. The minimum atomic E-state index is -0.456. The summed E-state index contributed by atoms with van der Waals surface area (Å²) >= 11 is 7.40. The first-order valence-electron chi connectivity index (χ1n) is 5.37. The lowest BCUT2D eigenvalue weighted by Crippen LogP contribution is -2.26. The summed E-state index contributed by atoms with van der Waals surface area (Å²) in [5.41, 5.74) is 0.279. The number of carbonyl (C=O) groups excluding carboxylic acids is 1. The normalized spacial score (nSPS) is 12.2. The van der Waals surface area contributed by atoms with Gasteiger partial charge >= 0.3 is 0 Å². The van der Waals surface area contributed by atoms with Gasteiger partial charge in [-0.1, -0.05) is 17.7 Å². The van der Waals surface area contributed by atoms with Crippen molar-refractivity contribution in [3.63, 3.8) is 0 Å². The number of thiophene rings is 1. The minimum absolute atomic E-state index is 0.0985. The van der Waals surface area contributed by atoms with Gasteiger partial charge in [-0.05, 0) is 36.6 Å². The third-order valence-electron chi connectivity index (χ3n) is 2.49. The lowest BCUT2D eigenvalue weighted by Gasteiger charge is -2.12. The van der Waals surface area contributed by atoms with Gasteiger partial charge < -0.3 is 5.32 Å². The number of nitrogens with one attached hydrogen (secondary N) is 1. The average molecular weight is 284 g/mol. The third-order valence-corrected chi connectivity index (χ3v) is 3.86. The molecule has 2 nitrogen and oxygen atoms in total. The Morgan fingerprint density at radius 3 is 2.83 bits per heavy atom. The molecule has 0 saturated heterocycles. The Labute approximate surface area is 113 Å². The van der Waals surface area contributed by atoms with E-state index in [2.05, 4.69) is 5.32 Å². The standard InChI is InChI=1S/C13H11ClFNOS/c1-8(12-3-2-6-18-12)16-13(17)10-5-4-9(15)7-11(10)14/h2-8H,1H3,(H,16,17)/t8-/m1/s1. The molecule has 94 valence electrons. The van der Waals surface area contributed by atoms with E-state index in [1.54, 1.807) is 11.3 Å². The molecule has 0 spiro atoms. The maximum atomic E-state index is 12.9. The molecule has 1 atom stereocenters. The quantitative estimate of drug-likeness (QED) is 0.905. The molecule has 0 unspecified atom stereocenters. The third kappa shape index (κ3) is 2.89.